The van der Waals surface area contributed by atoms with Crippen molar-refractivity contribution in [2.24, 2.45) is 5.92 Å². The molecule has 1 saturated carbocycles. The molecule has 1 fully saturated rings. The van der Waals surface area contributed by atoms with Crippen LogP contribution in [0.15, 0.2) is 60.0 Å². The van der Waals surface area contributed by atoms with Crippen LogP contribution < -0.4 is 9.47 Å². The molecule has 0 bridgehead atoms. The molecule has 2 aliphatic rings. The Kier molecular flexibility index (Phi) is 7.48. The Hall–Kier alpha value is -3.03. The van der Waals surface area contributed by atoms with E-state index in [1.807, 2.05) is 29.2 Å². The summed E-state index contributed by atoms with van der Waals surface area (Å²) in [6.07, 6.45) is 2.98. The monoisotopic (exact) mass is 524 g/mol. The molecule has 5 rings (SSSR count). The molecule has 0 saturated heterocycles. The Labute approximate surface area is 220 Å². The predicted molar refractivity (Wildman–Crippen MR) is 141 cm³/mol. The highest BCUT2D eigenvalue weighted by molar-refractivity contribution is 7.10. The fourth-order valence-corrected chi connectivity index (χ4v) is 5.79. The highest BCUT2D eigenvalue weighted by Gasteiger charge is 2.35. The molecule has 0 unspecified atom stereocenters. The van der Waals surface area contributed by atoms with E-state index in [0.717, 1.165) is 24.8 Å². The second-order valence-corrected chi connectivity index (χ2v) is 10.7. The first-order chi connectivity index (χ1) is 17.5. The lowest BCUT2D eigenvalue weighted by atomic mass is 10.00. The number of rotatable bonds is 9. The number of halogens is 1. The summed E-state index contributed by atoms with van der Waals surface area (Å²) in [5.74, 6) is 1.51. The van der Waals surface area contributed by atoms with E-state index in [2.05, 4.69) is 11.4 Å². The molecule has 188 valence electrons. The maximum atomic E-state index is 13.7. The van der Waals surface area contributed by atoms with Crippen molar-refractivity contribution >= 4 is 34.8 Å². The molecule has 2 aromatic carbocycles. The quantitative estimate of drug-likeness (QED) is 0.372. The molecule has 1 aliphatic heterocycles. The van der Waals surface area contributed by atoms with Crippen LogP contribution in [-0.4, -0.2) is 55.0 Å². The van der Waals surface area contributed by atoms with Crippen molar-refractivity contribution in [3.8, 4) is 11.5 Å². The Morgan fingerprint density at radius 2 is 1.92 bits per heavy atom. The number of amides is 2. The molecule has 0 spiro atoms. The zero-order valence-electron chi connectivity index (χ0n) is 20.2. The minimum absolute atomic E-state index is 0.0342. The lowest BCUT2D eigenvalue weighted by Gasteiger charge is -2.37. The van der Waals surface area contributed by atoms with Gasteiger partial charge >= 0.3 is 0 Å². The zero-order valence-corrected chi connectivity index (χ0v) is 21.8. The summed E-state index contributed by atoms with van der Waals surface area (Å²) in [5, 5.41) is 2.57. The predicted octanol–water partition coefficient (Wildman–Crippen LogP) is 5.47. The first-order valence-electron chi connectivity index (χ1n) is 12.2. The number of carbonyl (C=O) groups excluding carboxylic acids is 2. The second kappa shape index (κ2) is 10.9. The third kappa shape index (κ3) is 5.52. The molecule has 1 aromatic heterocycles. The second-order valence-electron chi connectivity index (χ2n) is 9.25. The number of fused-ring (bicyclic) bond motifs is 1. The highest BCUT2D eigenvalue weighted by atomic mass is 35.5. The van der Waals surface area contributed by atoms with Crippen molar-refractivity contribution in [3.63, 3.8) is 0 Å². The maximum Gasteiger partial charge on any atom is 0.254 e. The number of thiophene rings is 1. The van der Waals surface area contributed by atoms with Crippen LogP contribution in [0.25, 0.3) is 0 Å². The van der Waals surface area contributed by atoms with Crippen LogP contribution in [0.2, 0.25) is 5.02 Å². The van der Waals surface area contributed by atoms with E-state index in [1.165, 1.54) is 4.88 Å². The van der Waals surface area contributed by atoms with Crippen molar-refractivity contribution < 1.29 is 19.1 Å². The summed E-state index contributed by atoms with van der Waals surface area (Å²) in [7, 11) is 1.61. The van der Waals surface area contributed by atoms with Crippen LogP contribution in [0.5, 0.6) is 11.5 Å². The van der Waals surface area contributed by atoms with E-state index in [0.29, 0.717) is 47.7 Å². The number of nitrogens with zero attached hydrogens (tertiary/aromatic N) is 2. The number of benzene rings is 2. The average molecular weight is 525 g/mol. The normalized spacial score (nSPS) is 16.8. The van der Waals surface area contributed by atoms with E-state index >= 15 is 0 Å². The number of para-hydroxylation sites is 2. The molecular weight excluding hydrogens is 496 g/mol. The zero-order chi connectivity index (χ0) is 25.1. The van der Waals surface area contributed by atoms with Crippen molar-refractivity contribution in [3.05, 3.63) is 81.0 Å². The van der Waals surface area contributed by atoms with E-state index in [1.54, 1.807) is 47.6 Å². The molecule has 6 nitrogen and oxygen atoms in total. The maximum absolute atomic E-state index is 13.7. The SMILES string of the molecule is COc1ccccc1OC[C@@H]1c2ccsc2CCN1C(=O)CN(CC1CC1)C(=O)c1cccc(Cl)c1. The van der Waals surface area contributed by atoms with Gasteiger partial charge in [0.25, 0.3) is 5.91 Å². The summed E-state index contributed by atoms with van der Waals surface area (Å²) in [6, 6.07) is 16.3. The molecule has 1 atom stereocenters. The Morgan fingerprint density at radius 3 is 2.67 bits per heavy atom. The van der Waals surface area contributed by atoms with Gasteiger partial charge in [0, 0.05) is 28.6 Å². The van der Waals surface area contributed by atoms with Gasteiger partial charge in [-0.1, -0.05) is 29.8 Å². The molecule has 2 heterocycles. The smallest absolute Gasteiger partial charge is 0.254 e. The molecule has 1 aliphatic carbocycles. The fraction of sp³-hybridized carbons (Fsp3) is 0.357. The van der Waals surface area contributed by atoms with Crippen LogP contribution in [0, 0.1) is 5.92 Å². The van der Waals surface area contributed by atoms with Gasteiger partial charge in [-0.3, -0.25) is 9.59 Å². The lowest BCUT2D eigenvalue weighted by Crippen LogP contribution is -2.48. The van der Waals surface area contributed by atoms with Gasteiger partial charge in [0.2, 0.25) is 5.91 Å². The third-order valence-electron chi connectivity index (χ3n) is 6.74. The summed E-state index contributed by atoms with van der Waals surface area (Å²) in [5.41, 5.74) is 1.62. The van der Waals surface area contributed by atoms with E-state index in [9.17, 15) is 9.59 Å². The Morgan fingerprint density at radius 1 is 1.11 bits per heavy atom. The number of carbonyl (C=O) groups is 2. The Bertz CT molecular complexity index is 1240. The van der Waals surface area contributed by atoms with Gasteiger partial charge in [0.1, 0.15) is 13.2 Å². The summed E-state index contributed by atoms with van der Waals surface area (Å²) < 4.78 is 11.6. The van der Waals surface area contributed by atoms with Crippen LogP contribution in [0.4, 0.5) is 0 Å². The molecule has 36 heavy (non-hydrogen) atoms. The van der Waals surface area contributed by atoms with Gasteiger partial charge < -0.3 is 19.3 Å². The van der Waals surface area contributed by atoms with Crippen molar-refractivity contribution in [2.45, 2.75) is 25.3 Å². The minimum atomic E-state index is -0.235. The van der Waals surface area contributed by atoms with Crippen molar-refractivity contribution in [1.29, 1.82) is 0 Å². The Balaban J connectivity index is 1.35. The summed E-state index contributed by atoms with van der Waals surface area (Å²) in [4.78, 5) is 31.9. The van der Waals surface area contributed by atoms with Crippen LogP contribution >= 0.6 is 22.9 Å². The topological polar surface area (TPSA) is 59.1 Å². The first kappa shape index (κ1) is 24.7. The van der Waals surface area contributed by atoms with E-state index in [4.69, 9.17) is 21.1 Å². The molecule has 8 heteroatoms. The molecule has 2 amide bonds. The molecule has 0 radical (unpaired) electrons. The lowest BCUT2D eigenvalue weighted by molar-refractivity contribution is -0.135. The third-order valence-corrected chi connectivity index (χ3v) is 7.97. The van der Waals surface area contributed by atoms with Gasteiger partial charge in [-0.05, 0) is 72.5 Å². The van der Waals surface area contributed by atoms with Crippen molar-refractivity contribution in [2.75, 3.05) is 33.4 Å². The summed E-state index contributed by atoms with van der Waals surface area (Å²) >= 11 is 7.85. The number of hydrogen-bond acceptors (Lipinski definition) is 5. The molecule has 3 aromatic rings. The van der Waals surface area contributed by atoms with Gasteiger partial charge in [-0.2, -0.15) is 0 Å². The molecule has 0 N–H and O–H groups in total. The standard InChI is InChI=1S/C28H29ClN2O4S/c1-34-24-7-2-3-8-25(24)35-18-23-22-12-14-36-26(22)11-13-31(23)27(32)17-30(16-19-9-10-19)28(33)20-5-4-6-21(29)15-20/h2-8,12,14-15,19,23H,9-11,13,16-18H2,1H3/t23-/m1/s1. The summed E-state index contributed by atoms with van der Waals surface area (Å²) in [6.45, 7) is 1.51. The minimum Gasteiger partial charge on any atom is -0.493 e. The average Bonchev–Trinajstić information content (AvgIpc) is 3.58. The van der Waals surface area contributed by atoms with Gasteiger partial charge in [-0.15, -0.1) is 11.3 Å². The van der Waals surface area contributed by atoms with Gasteiger partial charge in [0.05, 0.1) is 13.2 Å². The number of methoxy groups -OCH3 is 1. The van der Waals surface area contributed by atoms with Crippen molar-refractivity contribution in [1.82, 2.24) is 9.80 Å². The van der Waals surface area contributed by atoms with Gasteiger partial charge in [-0.25, -0.2) is 0 Å². The van der Waals surface area contributed by atoms with Crippen LogP contribution in [0.1, 0.15) is 39.7 Å². The number of ether oxygens (including phenoxy) is 2. The fourth-order valence-electron chi connectivity index (χ4n) is 4.67. The van der Waals surface area contributed by atoms with Gasteiger partial charge in [0.15, 0.2) is 11.5 Å². The molecular formula is C28H29ClN2O4S. The van der Waals surface area contributed by atoms with E-state index < -0.39 is 0 Å². The van der Waals surface area contributed by atoms with E-state index in [-0.39, 0.29) is 24.4 Å². The number of hydrogen-bond donors (Lipinski definition) is 0. The van der Waals surface area contributed by atoms with Crippen LogP contribution in [-0.2, 0) is 11.2 Å². The van der Waals surface area contributed by atoms with Crippen LogP contribution in [0.3, 0.4) is 0 Å². The highest BCUT2D eigenvalue weighted by Crippen LogP contribution is 2.36. The first-order valence-corrected chi connectivity index (χ1v) is 13.5. The largest absolute Gasteiger partial charge is 0.493 e.